The highest BCUT2D eigenvalue weighted by Crippen LogP contribution is 2.40. The fraction of sp³-hybridized carbons (Fsp3) is 0.364. The molecule has 0 radical (unpaired) electrons. The molecule has 1 heterocycles. The van der Waals surface area contributed by atoms with Gasteiger partial charge in [0, 0.05) is 0 Å². The molecule has 1 fully saturated rings. The molecular formula is C11H10F3NO. The fourth-order valence-corrected chi connectivity index (χ4v) is 1.98. The molecule has 0 saturated carbocycles. The minimum absolute atomic E-state index is 0.0973. The minimum Gasteiger partial charge on any atom is -0.346 e. The molecule has 1 N–H and O–H groups in total. The molecule has 2 rings (SSSR count). The van der Waals surface area contributed by atoms with E-state index >= 15 is 0 Å². The molecule has 0 bridgehead atoms. The lowest BCUT2D eigenvalue weighted by Crippen LogP contribution is -2.56. The molecule has 5 heteroatoms. The number of nitrogens with one attached hydrogen (secondary N) is 1. The molecule has 1 aromatic carbocycles. The first-order valence-corrected chi connectivity index (χ1v) is 4.81. The second kappa shape index (κ2) is 3.23. The Hall–Kier alpha value is -1.52. The van der Waals surface area contributed by atoms with Gasteiger partial charge in [-0.15, -0.1) is 0 Å². The lowest BCUT2D eigenvalue weighted by molar-refractivity contribution is -0.142. The summed E-state index contributed by atoms with van der Waals surface area (Å²) < 4.78 is 38.2. The SMILES string of the molecule is CC1(c2ccccc2C(F)(F)F)CC(=O)N1. The van der Waals surface area contributed by atoms with Crippen molar-refractivity contribution < 1.29 is 18.0 Å². The largest absolute Gasteiger partial charge is 0.416 e. The van der Waals surface area contributed by atoms with E-state index in [1.54, 1.807) is 13.0 Å². The van der Waals surface area contributed by atoms with Gasteiger partial charge in [0.25, 0.3) is 0 Å². The molecule has 0 spiro atoms. The highest BCUT2D eigenvalue weighted by atomic mass is 19.4. The quantitative estimate of drug-likeness (QED) is 0.736. The van der Waals surface area contributed by atoms with Crippen LogP contribution in [0.5, 0.6) is 0 Å². The van der Waals surface area contributed by atoms with Crippen LogP contribution in [0.1, 0.15) is 24.5 Å². The number of benzene rings is 1. The number of alkyl halides is 3. The lowest BCUT2D eigenvalue weighted by Gasteiger charge is -2.40. The summed E-state index contributed by atoms with van der Waals surface area (Å²) in [5.41, 5.74) is -1.44. The molecular weight excluding hydrogens is 219 g/mol. The second-order valence-electron chi connectivity index (χ2n) is 4.10. The van der Waals surface area contributed by atoms with E-state index in [-0.39, 0.29) is 17.9 Å². The molecule has 16 heavy (non-hydrogen) atoms. The number of carbonyl (C=O) groups is 1. The van der Waals surface area contributed by atoms with Gasteiger partial charge in [-0.1, -0.05) is 18.2 Å². The van der Waals surface area contributed by atoms with Crippen molar-refractivity contribution in [3.63, 3.8) is 0 Å². The standard InChI is InChI=1S/C11H10F3NO/c1-10(6-9(16)15-10)7-4-2-3-5-8(7)11(12,13)14/h2-5H,6H2,1H3,(H,15,16). The maximum atomic E-state index is 12.7. The van der Waals surface area contributed by atoms with Crippen LogP contribution in [-0.2, 0) is 16.5 Å². The van der Waals surface area contributed by atoms with Gasteiger partial charge in [0.1, 0.15) is 0 Å². The molecule has 86 valence electrons. The maximum Gasteiger partial charge on any atom is 0.416 e. The van der Waals surface area contributed by atoms with Gasteiger partial charge in [-0.3, -0.25) is 4.79 Å². The second-order valence-corrected chi connectivity index (χ2v) is 4.10. The average molecular weight is 229 g/mol. The number of hydrogen-bond donors (Lipinski definition) is 1. The molecule has 0 aromatic heterocycles. The van der Waals surface area contributed by atoms with Gasteiger partial charge in [-0.05, 0) is 18.6 Å². The van der Waals surface area contributed by atoms with Crippen LogP contribution in [0.15, 0.2) is 24.3 Å². The Bertz CT molecular complexity index is 431. The van der Waals surface area contributed by atoms with Crippen molar-refractivity contribution in [3.05, 3.63) is 35.4 Å². The van der Waals surface area contributed by atoms with E-state index in [9.17, 15) is 18.0 Å². The lowest BCUT2D eigenvalue weighted by atomic mass is 9.79. The topological polar surface area (TPSA) is 29.1 Å². The molecule has 0 aliphatic carbocycles. The van der Waals surface area contributed by atoms with Crippen molar-refractivity contribution in [1.82, 2.24) is 5.32 Å². The van der Waals surface area contributed by atoms with Crippen LogP contribution in [-0.4, -0.2) is 5.91 Å². The smallest absolute Gasteiger partial charge is 0.346 e. The van der Waals surface area contributed by atoms with Gasteiger partial charge < -0.3 is 5.32 Å². The third-order valence-electron chi connectivity index (χ3n) is 2.76. The molecule has 1 saturated heterocycles. The summed E-state index contributed by atoms with van der Waals surface area (Å²) in [5, 5.41) is 2.51. The Balaban J connectivity index is 2.46. The Labute approximate surface area is 90.5 Å². The maximum absolute atomic E-state index is 12.7. The zero-order valence-electron chi connectivity index (χ0n) is 8.56. The van der Waals surface area contributed by atoms with E-state index in [0.717, 1.165) is 6.07 Å². The van der Waals surface area contributed by atoms with Crippen molar-refractivity contribution in [2.75, 3.05) is 0 Å². The van der Waals surface area contributed by atoms with Crippen molar-refractivity contribution in [3.8, 4) is 0 Å². The first kappa shape index (κ1) is 11.0. The van der Waals surface area contributed by atoms with E-state index < -0.39 is 17.3 Å². The first-order chi connectivity index (χ1) is 7.33. The summed E-state index contributed by atoms with van der Waals surface area (Å²) in [6, 6.07) is 5.32. The van der Waals surface area contributed by atoms with Crippen molar-refractivity contribution >= 4 is 5.91 Å². The fourth-order valence-electron chi connectivity index (χ4n) is 1.98. The summed E-state index contributed by atoms with van der Waals surface area (Å²) >= 11 is 0. The summed E-state index contributed by atoms with van der Waals surface area (Å²) in [5.74, 6) is -0.223. The van der Waals surface area contributed by atoms with Crippen LogP contribution in [0.3, 0.4) is 0 Å². The van der Waals surface area contributed by atoms with E-state index in [4.69, 9.17) is 0 Å². The molecule has 1 aliphatic heterocycles. The van der Waals surface area contributed by atoms with E-state index in [0.29, 0.717) is 0 Å². The summed E-state index contributed by atoms with van der Waals surface area (Å²) in [7, 11) is 0. The van der Waals surface area contributed by atoms with Gasteiger partial charge in [0.2, 0.25) is 5.91 Å². The third-order valence-corrected chi connectivity index (χ3v) is 2.76. The van der Waals surface area contributed by atoms with Gasteiger partial charge >= 0.3 is 6.18 Å². The minimum atomic E-state index is -4.39. The number of carbonyl (C=O) groups excluding carboxylic acids is 1. The van der Waals surface area contributed by atoms with Crippen LogP contribution in [0.2, 0.25) is 0 Å². The van der Waals surface area contributed by atoms with E-state index in [1.165, 1.54) is 12.1 Å². The van der Waals surface area contributed by atoms with Crippen LogP contribution in [0.25, 0.3) is 0 Å². The number of halogens is 3. The molecule has 2 nitrogen and oxygen atoms in total. The van der Waals surface area contributed by atoms with Gasteiger partial charge in [-0.25, -0.2) is 0 Å². The molecule has 1 aliphatic rings. The highest BCUT2D eigenvalue weighted by molar-refractivity contribution is 5.85. The van der Waals surface area contributed by atoms with Crippen molar-refractivity contribution in [2.45, 2.75) is 25.1 Å². The normalized spacial score (nSPS) is 24.9. The number of β-lactam (4-membered cyclic amide) rings is 1. The van der Waals surface area contributed by atoms with Crippen LogP contribution < -0.4 is 5.32 Å². The van der Waals surface area contributed by atoms with Gasteiger partial charge in [-0.2, -0.15) is 13.2 Å². The monoisotopic (exact) mass is 229 g/mol. The number of amides is 1. The number of rotatable bonds is 1. The summed E-state index contributed by atoms with van der Waals surface area (Å²) in [6.07, 6.45) is -4.29. The third kappa shape index (κ3) is 1.66. The molecule has 1 amide bonds. The van der Waals surface area contributed by atoms with Gasteiger partial charge in [0.15, 0.2) is 0 Å². The predicted molar refractivity (Wildman–Crippen MR) is 51.6 cm³/mol. The van der Waals surface area contributed by atoms with Crippen molar-refractivity contribution in [1.29, 1.82) is 0 Å². The Morgan fingerprint density at radius 1 is 1.31 bits per heavy atom. The van der Waals surface area contributed by atoms with E-state index in [2.05, 4.69) is 5.32 Å². The Kier molecular flexibility index (Phi) is 2.22. The van der Waals surface area contributed by atoms with E-state index in [1.807, 2.05) is 0 Å². The molecule has 1 aromatic rings. The summed E-state index contributed by atoms with van der Waals surface area (Å²) in [6.45, 7) is 1.60. The van der Waals surface area contributed by atoms with Crippen molar-refractivity contribution in [2.24, 2.45) is 0 Å². The first-order valence-electron chi connectivity index (χ1n) is 4.81. The Morgan fingerprint density at radius 2 is 1.88 bits per heavy atom. The number of hydrogen-bond acceptors (Lipinski definition) is 1. The van der Waals surface area contributed by atoms with Crippen LogP contribution >= 0.6 is 0 Å². The predicted octanol–water partition coefficient (Wildman–Crippen LogP) is 2.44. The molecule has 1 unspecified atom stereocenters. The Morgan fingerprint density at radius 3 is 2.38 bits per heavy atom. The average Bonchev–Trinajstić information content (AvgIpc) is 2.14. The highest BCUT2D eigenvalue weighted by Gasteiger charge is 2.45. The van der Waals surface area contributed by atoms with Crippen LogP contribution in [0, 0.1) is 0 Å². The zero-order valence-corrected chi connectivity index (χ0v) is 8.56. The zero-order chi connectivity index (χ0) is 12.0. The summed E-state index contributed by atoms with van der Waals surface area (Å²) in [4.78, 5) is 10.9. The van der Waals surface area contributed by atoms with Gasteiger partial charge in [0.05, 0.1) is 17.5 Å². The molecule has 1 atom stereocenters. The van der Waals surface area contributed by atoms with Crippen LogP contribution in [0.4, 0.5) is 13.2 Å².